The zero-order valence-corrected chi connectivity index (χ0v) is 23.8. The van der Waals surface area contributed by atoms with E-state index in [-0.39, 0.29) is 36.0 Å². The van der Waals surface area contributed by atoms with E-state index in [0.29, 0.717) is 38.2 Å². The molecular formula is C32H37ClF3N3O2. The van der Waals surface area contributed by atoms with Crippen molar-refractivity contribution in [3.8, 4) is 0 Å². The Morgan fingerprint density at radius 1 is 1.02 bits per heavy atom. The number of benzene rings is 3. The standard InChI is InChI=1S/C32H37ClF3N3O2/c33-31-26(14-7-16-29(31)32(34,35)36)20-38(18-9-19-41-27-15-8-17-39(21-27)23-30(37)40)22-28(24-10-3-1-4-11-24)25-12-5-2-6-13-25/h1-7,10-14,16,27-28H,8-9,15,17-23H2,(H2,37,40). The summed E-state index contributed by atoms with van der Waals surface area (Å²) in [5, 5.41) is -0.256. The number of ether oxygens (including phenoxy) is 1. The monoisotopic (exact) mass is 587 g/mol. The van der Waals surface area contributed by atoms with Crippen LogP contribution in [0.3, 0.4) is 0 Å². The highest BCUT2D eigenvalue weighted by Gasteiger charge is 2.34. The minimum Gasteiger partial charge on any atom is -0.377 e. The van der Waals surface area contributed by atoms with Gasteiger partial charge in [0.2, 0.25) is 5.91 Å². The number of carbonyl (C=O) groups is 1. The van der Waals surface area contributed by atoms with E-state index in [1.54, 1.807) is 6.07 Å². The minimum atomic E-state index is -4.52. The molecule has 220 valence electrons. The summed E-state index contributed by atoms with van der Waals surface area (Å²) in [6.07, 6.45) is -1.95. The van der Waals surface area contributed by atoms with Crippen molar-refractivity contribution in [3.05, 3.63) is 106 Å². The Hall–Kier alpha value is -2.91. The second-order valence-corrected chi connectivity index (χ2v) is 11.0. The van der Waals surface area contributed by atoms with E-state index >= 15 is 0 Å². The molecule has 0 saturated carbocycles. The zero-order valence-electron chi connectivity index (χ0n) is 23.0. The molecule has 4 rings (SSSR count). The molecule has 0 spiro atoms. The molecule has 2 N–H and O–H groups in total. The van der Waals surface area contributed by atoms with Gasteiger partial charge in [-0.3, -0.25) is 14.6 Å². The van der Waals surface area contributed by atoms with Gasteiger partial charge in [-0.2, -0.15) is 13.2 Å². The number of nitrogens with two attached hydrogens (primary N) is 1. The Kier molecular flexibility index (Phi) is 11.2. The SMILES string of the molecule is NC(=O)CN1CCCC(OCCCN(Cc2cccc(C(F)(F)F)c2Cl)CC(c2ccccc2)c2ccccc2)C1. The van der Waals surface area contributed by atoms with Crippen LogP contribution in [0.15, 0.2) is 78.9 Å². The molecule has 5 nitrogen and oxygen atoms in total. The molecule has 1 fully saturated rings. The van der Waals surface area contributed by atoms with Crippen molar-refractivity contribution in [1.82, 2.24) is 9.80 Å². The number of amides is 1. The predicted molar refractivity (Wildman–Crippen MR) is 156 cm³/mol. The predicted octanol–water partition coefficient (Wildman–Crippen LogP) is 6.35. The Morgan fingerprint density at radius 3 is 2.29 bits per heavy atom. The molecule has 1 saturated heterocycles. The lowest BCUT2D eigenvalue weighted by molar-refractivity contribution is -0.137. The maximum Gasteiger partial charge on any atom is 0.417 e. The van der Waals surface area contributed by atoms with Crippen LogP contribution < -0.4 is 5.73 Å². The first-order chi connectivity index (χ1) is 19.7. The minimum absolute atomic E-state index is 0.0172. The number of halogens is 4. The van der Waals surface area contributed by atoms with Gasteiger partial charge in [0.15, 0.2) is 0 Å². The van der Waals surface area contributed by atoms with Crippen molar-refractivity contribution in [2.45, 2.75) is 44.0 Å². The summed E-state index contributed by atoms with van der Waals surface area (Å²) in [6.45, 7) is 3.70. The number of hydrogen-bond acceptors (Lipinski definition) is 4. The number of nitrogens with zero attached hydrogens (tertiary/aromatic N) is 2. The van der Waals surface area contributed by atoms with Crippen LogP contribution in [-0.4, -0.2) is 61.1 Å². The fourth-order valence-corrected chi connectivity index (χ4v) is 5.77. The molecule has 3 aromatic rings. The third-order valence-electron chi connectivity index (χ3n) is 7.44. The number of primary amides is 1. The Bertz CT molecular complexity index is 1200. The van der Waals surface area contributed by atoms with Crippen molar-refractivity contribution < 1.29 is 22.7 Å². The molecule has 0 bridgehead atoms. The van der Waals surface area contributed by atoms with Crippen LogP contribution in [0.1, 0.15) is 47.4 Å². The van der Waals surface area contributed by atoms with Crippen LogP contribution >= 0.6 is 11.6 Å². The molecule has 0 radical (unpaired) electrons. The highest BCUT2D eigenvalue weighted by Crippen LogP contribution is 2.37. The maximum absolute atomic E-state index is 13.6. The summed E-state index contributed by atoms with van der Waals surface area (Å²) in [6, 6.07) is 24.4. The largest absolute Gasteiger partial charge is 0.417 e. The Morgan fingerprint density at radius 2 is 1.68 bits per heavy atom. The lowest BCUT2D eigenvalue weighted by Crippen LogP contribution is -2.43. The molecule has 41 heavy (non-hydrogen) atoms. The lowest BCUT2D eigenvalue weighted by Gasteiger charge is -2.32. The van der Waals surface area contributed by atoms with E-state index in [1.165, 1.54) is 6.07 Å². The number of piperidine rings is 1. The number of carbonyl (C=O) groups excluding carboxylic acids is 1. The molecule has 1 aliphatic rings. The van der Waals surface area contributed by atoms with Gasteiger partial charge in [0.25, 0.3) is 0 Å². The van der Waals surface area contributed by atoms with Crippen LogP contribution in [0.25, 0.3) is 0 Å². The fraction of sp³-hybridized carbons (Fsp3) is 0.406. The van der Waals surface area contributed by atoms with E-state index in [2.05, 4.69) is 29.2 Å². The third kappa shape index (κ3) is 9.30. The first-order valence-electron chi connectivity index (χ1n) is 14.0. The maximum atomic E-state index is 13.6. The smallest absolute Gasteiger partial charge is 0.377 e. The normalized spacial score (nSPS) is 16.4. The van der Waals surface area contributed by atoms with Gasteiger partial charge in [-0.1, -0.05) is 84.4 Å². The van der Waals surface area contributed by atoms with Crippen molar-refractivity contribution >= 4 is 17.5 Å². The van der Waals surface area contributed by atoms with Crippen LogP contribution in [-0.2, 0) is 22.3 Å². The van der Waals surface area contributed by atoms with Crippen molar-refractivity contribution in [2.24, 2.45) is 5.73 Å². The van der Waals surface area contributed by atoms with Gasteiger partial charge in [0, 0.05) is 38.7 Å². The van der Waals surface area contributed by atoms with Gasteiger partial charge in [-0.05, 0) is 48.6 Å². The van der Waals surface area contributed by atoms with Crippen molar-refractivity contribution in [3.63, 3.8) is 0 Å². The molecule has 0 aliphatic carbocycles. The highest BCUT2D eigenvalue weighted by molar-refractivity contribution is 6.32. The van der Waals surface area contributed by atoms with E-state index in [9.17, 15) is 18.0 Å². The van der Waals surface area contributed by atoms with E-state index in [0.717, 1.165) is 36.6 Å². The molecule has 9 heteroatoms. The molecule has 0 aromatic heterocycles. The molecule has 1 aliphatic heterocycles. The first-order valence-corrected chi connectivity index (χ1v) is 14.4. The zero-order chi connectivity index (χ0) is 29.2. The molecule has 1 atom stereocenters. The molecule has 1 unspecified atom stereocenters. The molecule has 3 aromatic carbocycles. The summed E-state index contributed by atoms with van der Waals surface area (Å²) < 4.78 is 47.0. The van der Waals surface area contributed by atoms with E-state index in [1.807, 2.05) is 41.3 Å². The van der Waals surface area contributed by atoms with Gasteiger partial charge in [-0.15, -0.1) is 0 Å². The summed E-state index contributed by atoms with van der Waals surface area (Å²) >= 11 is 6.31. The van der Waals surface area contributed by atoms with Crippen molar-refractivity contribution in [2.75, 3.05) is 39.3 Å². The second kappa shape index (κ2) is 14.8. The van der Waals surface area contributed by atoms with Gasteiger partial charge in [0.05, 0.1) is 23.2 Å². The Balaban J connectivity index is 1.49. The molecule has 1 heterocycles. The van der Waals surface area contributed by atoms with Gasteiger partial charge < -0.3 is 10.5 Å². The van der Waals surface area contributed by atoms with Crippen LogP contribution in [0.2, 0.25) is 5.02 Å². The van der Waals surface area contributed by atoms with E-state index in [4.69, 9.17) is 22.1 Å². The summed E-state index contributed by atoms with van der Waals surface area (Å²) in [7, 11) is 0. The summed E-state index contributed by atoms with van der Waals surface area (Å²) in [5.74, 6) is -0.329. The number of hydrogen-bond donors (Lipinski definition) is 1. The van der Waals surface area contributed by atoms with Crippen LogP contribution in [0.5, 0.6) is 0 Å². The average molecular weight is 588 g/mol. The van der Waals surface area contributed by atoms with Gasteiger partial charge in [0.1, 0.15) is 0 Å². The first kappa shape index (κ1) is 31.0. The highest BCUT2D eigenvalue weighted by atomic mass is 35.5. The fourth-order valence-electron chi connectivity index (χ4n) is 5.48. The third-order valence-corrected chi connectivity index (χ3v) is 7.88. The van der Waals surface area contributed by atoms with Crippen molar-refractivity contribution in [1.29, 1.82) is 0 Å². The molecule has 1 amide bonds. The Labute approximate surface area is 245 Å². The van der Waals surface area contributed by atoms with Crippen LogP contribution in [0.4, 0.5) is 13.2 Å². The number of alkyl halides is 3. The van der Waals surface area contributed by atoms with E-state index < -0.39 is 11.7 Å². The van der Waals surface area contributed by atoms with Crippen LogP contribution in [0, 0.1) is 0 Å². The molecular weight excluding hydrogens is 551 g/mol. The number of rotatable bonds is 13. The topological polar surface area (TPSA) is 58.8 Å². The summed E-state index contributed by atoms with van der Waals surface area (Å²) in [5.41, 5.74) is 7.24. The lowest BCUT2D eigenvalue weighted by atomic mass is 9.90. The average Bonchev–Trinajstić information content (AvgIpc) is 2.95. The van der Waals surface area contributed by atoms with Gasteiger partial charge >= 0.3 is 6.18 Å². The summed E-state index contributed by atoms with van der Waals surface area (Å²) in [4.78, 5) is 15.5. The number of likely N-dealkylation sites (tertiary alicyclic amines) is 1. The van der Waals surface area contributed by atoms with Gasteiger partial charge in [-0.25, -0.2) is 0 Å². The quantitative estimate of drug-likeness (QED) is 0.237. The second-order valence-electron chi connectivity index (χ2n) is 10.6.